The fourth-order valence-electron chi connectivity index (χ4n) is 2.80. The number of benzene rings is 2. The SMILES string of the molecule is Cc1ccccc1CC(O)c1cccc2c1NCC2. The number of aryl methyl sites for hydroxylation is 1. The summed E-state index contributed by atoms with van der Waals surface area (Å²) in [6.45, 7) is 3.07. The van der Waals surface area contributed by atoms with Gasteiger partial charge in [0, 0.05) is 24.2 Å². The van der Waals surface area contributed by atoms with Gasteiger partial charge in [0.2, 0.25) is 0 Å². The van der Waals surface area contributed by atoms with Crippen molar-refractivity contribution in [2.24, 2.45) is 0 Å². The summed E-state index contributed by atoms with van der Waals surface area (Å²) >= 11 is 0. The fraction of sp³-hybridized carbons (Fsp3) is 0.294. The number of aliphatic hydroxyl groups is 1. The molecule has 2 nitrogen and oxygen atoms in total. The summed E-state index contributed by atoms with van der Waals surface area (Å²) in [5.41, 5.74) is 5.94. The summed E-state index contributed by atoms with van der Waals surface area (Å²) in [5, 5.41) is 13.9. The second-order valence-corrected chi connectivity index (χ2v) is 5.20. The first-order valence-corrected chi connectivity index (χ1v) is 6.84. The maximum absolute atomic E-state index is 10.5. The molecule has 1 aliphatic heterocycles. The minimum Gasteiger partial charge on any atom is -0.388 e. The molecule has 0 spiro atoms. The van der Waals surface area contributed by atoms with Gasteiger partial charge in [-0.25, -0.2) is 0 Å². The van der Waals surface area contributed by atoms with E-state index in [-0.39, 0.29) is 0 Å². The molecule has 0 radical (unpaired) electrons. The third kappa shape index (κ3) is 2.36. The Balaban J connectivity index is 1.87. The Labute approximate surface area is 114 Å². The van der Waals surface area contributed by atoms with Crippen molar-refractivity contribution in [3.8, 4) is 0 Å². The van der Waals surface area contributed by atoms with Crippen molar-refractivity contribution in [1.29, 1.82) is 0 Å². The number of hydrogen-bond acceptors (Lipinski definition) is 2. The average molecular weight is 253 g/mol. The molecule has 1 atom stereocenters. The van der Waals surface area contributed by atoms with Gasteiger partial charge in [-0.05, 0) is 30.0 Å². The topological polar surface area (TPSA) is 32.3 Å². The highest BCUT2D eigenvalue weighted by Gasteiger charge is 2.19. The number of fused-ring (bicyclic) bond motifs is 1. The number of para-hydroxylation sites is 1. The highest BCUT2D eigenvalue weighted by atomic mass is 16.3. The Hall–Kier alpha value is -1.80. The molecule has 0 saturated carbocycles. The minimum atomic E-state index is -0.443. The summed E-state index contributed by atoms with van der Waals surface area (Å²) in [4.78, 5) is 0. The number of rotatable bonds is 3. The van der Waals surface area contributed by atoms with Gasteiger partial charge in [0.1, 0.15) is 0 Å². The van der Waals surface area contributed by atoms with Crippen molar-refractivity contribution in [3.63, 3.8) is 0 Å². The van der Waals surface area contributed by atoms with E-state index in [2.05, 4.69) is 30.4 Å². The average Bonchev–Trinajstić information content (AvgIpc) is 2.89. The Kier molecular flexibility index (Phi) is 3.26. The molecular formula is C17H19NO. The second kappa shape index (κ2) is 5.06. The molecule has 19 heavy (non-hydrogen) atoms. The van der Waals surface area contributed by atoms with E-state index in [1.807, 2.05) is 24.3 Å². The van der Waals surface area contributed by atoms with Gasteiger partial charge in [-0.2, -0.15) is 0 Å². The van der Waals surface area contributed by atoms with Crippen LogP contribution in [0.15, 0.2) is 42.5 Å². The molecule has 1 unspecified atom stereocenters. The van der Waals surface area contributed by atoms with E-state index in [1.54, 1.807) is 0 Å². The smallest absolute Gasteiger partial charge is 0.0850 e. The predicted octanol–water partition coefficient (Wildman–Crippen LogP) is 3.24. The van der Waals surface area contributed by atoms with Gasteiger partial charge in [-0.3, -0.25) is 0 Å². The zero-order valence-electron chi connectivity index (χ0n) is 11.2. The lowest BCUT2D eigenvalue weighted by Gasteiger charge is -2.16. The molecule has 1 heterocycles. The van der Waals surface area contributed by atoms with Gasteiger partial charge in [0.25, 0.3) is 0 Å². The zero-order valence-corrected chi connectivity index (χ0v) is 11.2. The van der Waals surface area contributed by atoms with Crippen LogP contribution in [-0.4, -0.2) is 11.7 Å². The summed E-state index contributed by atoms with van der Waals surface area (Å²) in [7, 11) is 0. The van der Waals surface area contributed by atoms with E-state index in [1.165, 1.54) is 16.7 Å². The van der Waals surface area contributed by atoms with Crippen LogP contribution in [0.2, 0.25) is 0 Å². The van der Waals surface area contributed by atoms with Crippen LogP contribution in [0, 0.1) is 6.92 Å². The lowest BCUT2D eigenvalue weighted by Crippen LogP contribution is -2.06. The molecule has 0 fully saturated rings. The molecule has 2 aromatic rings. The molecular weight excluding hydrogens is 234 g/mol. The van der Waals surface area contributed by atoms with E-state index in [9.17, 15) is 5.11 Å². The lowest BCUT2D eigenvalue weighted by molar-refractivity contribution is 0.179. The van der Waals surface area contributed by atoms with Crippen LogP contribution in [0.25, 0.3) is 0 Å². The fourth-order valence-corrected chi connectivity index (χ4v) is 2.80. The predicted molar refractivity (Wildman–Crippen MR) is 78.5 cm³/mol. The zero-order chi connectivity index (χ0) is 13.2. The van der Waals surface area contributed by atoms with Crippen LogP contribution in [0.4, 0.5) is 5.69 Å². The van der Waals surface area contributed by atoms with Crippen molar-refractivity contribution in [1.82, 2.24) is 0 Å². The van der Waals surface area contributed by atoms with Gasteiger partial charge in [0.05, 0.1) is 6.10 Å². The van der Waals surface area contributed by atoms with E-state index in [0.29, 0.717) is 6.42 Å². The van der Waals surface area contributed by atoms with Crippen LogP contribution >= 0.6 is 0 Å². The number of anilines is 1. The van der Waals surface area contributed by atoms with Crippen molar-refractivity contribution in [2.75, 3.05) is 11.9 Å². The van der Waals surface area contributed by atoms with Crippen molar-refractivity contribution < 1.29 is 5.11 Å². The van der Waals surface area contributed by atoms with E-state index in [4.69, 9.17) is 0 Å². The highest BCUT2D eigenvalue weighted by Crippen LogP contribution is 2.32. The Morgan fingerprint density at radius 1 is 1.16 bits per heavy atom. The Bertz CT molecular complexity index is 592. The maximum atomic E-state index is 10.5. The number of aliphatic hydroxyl groups excluding tert-OH is 1. The van der Waals surface area contributed by atoms with Gasteiger partial charge in [-0.15, -0.1) is 0 Å². The third-order valence-electron chi connectivity index (χ3n) is 3.91. The van der Waals surface area contributed by atoms with E-state index >= 15 is 0 Å². The standard InChI is InChI=1S/C17H19NO/c1-12-5-2-3-6-14(12)11-16(19)15-8-4-7-13-9-10-18-17(13)15/h2-8,16,18-19H,9-11H2,1H3. The quantitative estimate of drug-likeness (QED) is 0.880. The molecule has 0 aromatic heterocycles. The molecule has 98 valence electrons. The number of nitrogens with one attached hydrogen (secondary N) is 1. The first kappa shape index (κ1) is 12.2. The van der Waals surface area contributed by atoms with Crippen LogP contribution < -0.4 is 5.32 Å². The van der Waals surface area contributed by atoms with E-state index < -0.39 is 6.10 Å². The Morgan fingerprint density at radius 2 is 2.00 bits per heavy atom. The molecule has 2 aromatic carbocycles. The van der Waals surface area contributed by atoms with Crippen LogP contribution in [-0.2, 0) is 12.8 Å². The first-order valence-electron chi connectivity index (χ1n) is 6.84. The molecule has 0 saturated heterocycles. The molecule has 1 aliphatic rings. The Morgan fingerprint density at radius 3 is 2.84 bits per heavy atom. The van der Waals surface area contributed by atoms with Crippen molar-refractivity contribution >= 4 is 5.69 Å². The summed E-state index contributed by atoms with van der Waals surface area (Å²) in [5.74, 6) is 0. The summed E-state index contributed by atoms with van der Waals surface area (Å²) in [6, 6.07) is 14.5. The monoisotopic (exact) mass is 253 g/mol. The molecule has 0 amide bonds. The van der Waals surface area contributed by atoms with Crippen LogP contribution in [0.3, 0.4) is 0 Å². The van der Waals surface area contributed by atoms with Crippen molar-refractivity contribution in [3.05, 3.63) is 64.7 Å². The third-order valence-corrected chi connectivity index (χ3v) is 3.91. The van der Waals surface area contributed by atoms with Crippen LogP contribution in [0.5, 0.6) is 0 Å². The lowest BCUT2D eigenvalue weighted by atomic mass is 9.96. The maximum Gasteiger partial charge on any atom is 0.0850 e. The normalized spacial score (nSPS) is 14.8. The summed E-state index contributed by atoms with van der Waals surface area (Å²) in [6.07, 6.45) is 1.28. The van der Waals surface area contributed by atoms with Gasteiger partial charge in [-0.1, -0.05) is 42.5 Å². The highest BCUT2D eigenvalue weighted by molar-refractivity contribution is 5.62. The molecule has 2 heteroatoms. The number of hydrogen-bond donors (Lipinski definition) is 2. The summed E-state index contributed by atoms with van der Waals surface area (Å²) < 4.78 is 0. The van der Waals surface area contributed by atoms with Crippen molar-refractivity contribution in [2.45, 2.75) is 25.9 Å². The minimum absolute atomic E-state index is 0.443. The van der Waals surface area contributed by atoms with Gasteiger partial charge < -0.3 is 10.4 Å². The van der Waals surface area contributed by atoms with Gasteiger partial charge in [0.15, 0.2) is 0 Å². The first-order chi connectivity index (χ1) is 9.25. The second-order valence-electron chi connectivity index (χ2n) is 5.20. The largest absolute Gasteiger partial charge is 0.388 e. The van der Waals surface area contributed by atoms with E-state index in [0.717, 1.165) is 24.2 Å². The molecule has 0 aliphatic carbocycles. The molecule has 0 bridgehead atoms. The molecule has 2 N–H and O–H groups in total. The van der Waals surface area contributed by atoms with Crippen LogP contribution in [0.1, 0.15) is 28.4 Å². The van der Waals surface area contributed by atoms with Gasteiger partial charge >= 0.3 is 0 Å². The molecule has 3 rings (SSSR count).